The maximum absolute atomic E-state index is 11.3. The molecule has 2 saturated carbocycles. The van der Waals surface area contributed by atoms with Crippen LogP contribution < -0.4 is 10.2 Å². The molecule has 6 nitrogen and oxygen atoms in total. The lowest BCUT2D eigenvalue weighted by Crippen LogP contribution is -2.37. The van der Waals surface area contributed by atoms with E-state index in [2.05, 4.69) is 27.5 Å². The van der Waals surface area contributed by atoms with Crippen LogP contribution in [0.3, 0.4) is 0 Å². The number of aromatic nitrogens is 2. The Balaban J connectivity index is 1.47. The van der Waals surface area contributed by atoms with E-state index in [-0.39, 0.29) is 11.7 Å². The average molecular weight is 393 g/mol. The predicted octanol–water partition coefficient (Wildman–Crippen LogP) is 3.62. The maximum Gasteiger partial charge on any atom is 0.243 e. The molecule has 0 spiro atoms. The number of aromatic hydroxyl groups is 1. The number of likely N-dealkylation sites (N-methyl/N-ethyl adjacent to an activating group) is 1. The van der Waals surface area contributed by atoms with E-state index in [0.29, 0.717) is 17.3 Å². The summed E-state index contributed by atoms with van der Waals surface area (Å²) in [6.07, 6.45) is 9.76. The molecule has 2 aromatic rings. The van der Waals surface area contributed by atoms with Crippen molar-refractivity contribution in [2.24, 2.45) is 11.8 Å². The summed E-state index contributed by atoms with van der Waals surface area (Å²) in [6.45, 7) is 0. The molecule has 4 rings (SSSR count). The van der Waals surface area contributed by atoms with Gasteiger partial charge in [-0.2, -0.15) is 0 Å². The third-order valence-electron chi connectivity index (χ3n) is 6.39. The highest BCUT2D eigenvalue weighted by molar-refractivity contribution is 5.91. The van der Waals surface area contributed by atoms with E-state index in [9.17, 15) is 9.90 Å². The van der Waals surface area contributed by atoms with Gasteiger partial charge in [-0.25, -0.2) is 0 Å². The fraction of sp³-hybridized carbons (Fsp3) is 0.435. The number of hydrogen-bond acceptors (Lipinski definition) is 5. The first-order valence-electron chi connectivity index (χ1n) is 10.3. The van der Waals surface area contributed by atoms with Crippen molar-refractivity contribution in [1.29, 1.82) is 0 Å². The van der Waals surface area contributed by atoms with Crippen LogP contribution in [0.5, 0.6) is 5.75 Å². The molecule has 29 heavy (non-hydrogen) atoms. The van der Waals surface area contributed by atoms with Gasteiger partial charge in [0.05, 0.1) is 5.69 Å². The zero-order valence-corrected chi connectivity index (χ0v) is 17.0. The summed E-state index contributed by atoms with van der Waals surface area (Å²) < 4.78 is 0. The molecular formula is C23H28N4O2. The summed E-state index contributed by atoms with van der Waals surface area (Å²) in [6, 6.07) is 9.69. The van der Waals surface area contributed by atoms with Gasteiger partial charge >= 0.3 is 0 Å². The summed E-state index contributed by atoms with van der Waals surface area (Å²) in [5.41, 5.74) is 2.00. The highest BCUT2D eigenvalue weighted by Crippen LogP contribution is 2.43. The zero-order chi connectivity index (χ0) is 20.4. The van der Waals surface area contributed by atoms with Crippen LogP contribution in [0.15, 0.2) is 36.4 Å². The summed E-state index contributed by atoms with van der Waals surface area (Å²) in [4.78, 5) is 13.6. The molecule has 1 aromatic heterocycles. The number of anilines is 1. The summed E-state index contributed by atoms with van der Waals surface area (Å²) in [5, 5.41) is 21.7. The Morgan fingerprint density at radius 1 is 1.14 bits per heavy atom. The second-order valence-corrected chi connectivity index (χ2v) is 8.28. The Kier molecular flexibility index (Phi) is 5.51. The first kappa shape index (κ1) is 19.4. The Morgan fingerprint density at radius 3 is 2.52 bits per heavy atom. The van der Waals surface area contributed by atoms with E-state index >= 15 is 0 Å². The molecule has 0 aliphatic heterocycles. The second kappa shape index (κ2) is 8.23. The number of hydrogen-bond donors (Lipinski definition) is 2. The summed E-state index contributed by atoms with van der Waals surface area (Å²) >= 11 is 0. The Labute approximate surface area is 171 Å². The predicted molar refractivity (Wildman–Crippen MR) is 114 cm³/mol. The quantitative estimate of drug-likeness (QED) is 0.760. The lowest BCUT2D eigenvalue weighted by molar-refractivity contribution is -0.115. The van der Waals surface area contributed by atoms with Gasteiger partial charge in [-0.05, 0) is 67.0 Å². The van der Waals surface area contributed by atoms with Crippen molar-refractivity contribution in [2.75, 3.05) is 19.0 Å². The van der Waals surface area contributed by atoms with Crippen molar-refractivity contribution in [3.8, 4) is 17.0 Å². The molecule has 2 fully saturated rings. The van der Waals surface area contributed by atoms with E-state index < -0.39 is 0 Å². The molecule has 2 aliphatic carbocycles. The van der Waals surface area contributed by atoms with Gasteiger partial charge in [0, 0.05) is 31.8 Å². The van der Waals surface area contributed by atoms with Crippen molar-refractivity contribution in [3.63, 3.8) is 0 Å². The van der Waals surface area contributed by atoms with Crippen molar-refractivity contribution in [1.82, 2.24) is 15.5 Å². The normalized spacial score (nSPS) is 23.3. The Hall–Kier alpha value is -2.89. The lowest BCUT2D eigenvalue weighted by Gasteiger charge is -2.35. The number of amides is 1. The number of rotatable bonds is 5. The number of nitrogens with one attached hydrogen (secondary N) is 1. The van der Waals surface area contributed by atoms with Gasteiger partial charge in [-0.1, -0.05) is 18.9 Å². The molecule has 3 atom stereocenters. The summed E-state index contributed by atoms with van der Waals surface area (Å²) in [5.74, 6) is 2.56. The minimum Gasteiger partial charge on any atom is -0.507 e. The number of carbonyl (C=O) groups is 1. The van der Waals surface area contributed by atoms with E-state index in [0.717, 1.165) is 23.2 Å². The van der Waals surface area contributed by atoms with Crippen molar-refractivity contribution < 1.29 is 9.90 Å². The van der Waals surface area contributed by atoms with Crippen LogP contribution in [0.2, 0.25) is 0 Å². The van der Waals surface area contributed by atoms with Crippen LogP contribution >= 0.6 is 0 Å². The molecule has 1 aromatic carbocycles. The largest absolute Gasteiger partial charge is 0.507 e. The number of carbonyl (C=O) groups excluding carboxylic acids is 1. The molecule has 2 aliphatic rings. The summed E-state index contributed by atoms with van der Waals surface area (Å²) in [7, 11) is 3.69. The van der Waals surface area contributed by atoms with E-state index in [1.54, 1.807) is 25.3 Å². The minimum atomic E-state index is -0.190. The lowest BCUT2D eigenvalue weighted by atomic mass is 9.85. The third-order valence-corrected chi connectivity index (χ3v) is 6.39. The molecule has 1 amide bonds. The molecule has 152 valence electrons. The Bertz CT molecular complexity index is 898. The maximum atomic E-state index is 11.3. The molecule has 2 N–H and O–H groups in total. The molecule has 0 saturated heterocycles. The number of phenols is 1. The van der Waals surface area contributed by atoms with Crippen LogP contribution in [0.25, 0.3) is 17.3 Å². The van der Waals surface area contributed by atoms with Crippen molar-refractivity contribution in [2.45, 2.75) is 38.1 Å². The van der Waals surface area contributed by atoms with Crippen LogP contribution in [-0.4, -0.2) is 41.3 Å². The van der Waals surface area contributed by atoms with Crippen LogP contribution in [-0.2, 0) is 4.79 Å². The smallest absolute Gasteiger partial charge is 0.243 e. The second-order valence-electron chi connectivity index (χ2n) is 8.28. The van der Waals surface area contributed by atoms with E-state index in [1.165, 1.54) is 38.2 Å². The first-order valence-corrected chi connectivity index (χ1v) is 10.3. The van der Waals surface area contributed by atoms with E-state index in [4.69, 9.17) is 0 Å². The van der Waals surface area contributed by atoms with Gasteiger partial charge in [-0.3, -0.25) is 4.79 Å². The molecule has 0 unspecified atom stereocenters. The SMILES string of the molecule is CNC(=O)/C=C/c1ccc(-c2ccc(N(C)[C@H]3C[C@@H]4CC[C@@H](C4)C3)nn2)c(O)c1. The molecule has 0 radical (unpaired) electrons. The van der Waals surface area contributed by atoms with Crippen molar-refractivity contribution >= 4 is 17.8 Å². The van der Waals surface area contributed by atoms with Crippen LogP contribution in [0.4, 0.5) is 5.82 Å². The molecule has 2 bridgehead atoms. The topological polar surface area (TPSA) is 78.4 Å². The molecule has 1 heterocycles. The number of benzene rings is 1. The highest BCUT2D eigenvalue weighted by Gasteiger charge is 2.36. The van der Waals surface area contributed by atoms with Gasteiger partial charge < -0.3 is 15.3 Å². The first-order chi connectivity index (χ1) is 14.0. The standard InChI is InChI=1S/C23H28N4O2/c1-24-23(29)10-6-15-5-7-19(21(28)14-15)20-8-9-22(26-25-20)27(2)18-12-16-3-4-17(11-16)13-18/h5-10,14,16-18,28H,3-4,11-13H2,1-2H3,(H,24,29)/b10-6+/t16-,17+,18+. The third kappa shape index (κ3) is 4.26. The minimum absolute atomic E-state index is 0.114. The van der Waals surface area contributed by atoms with Gasteiger partial charge in [0.15, 0.2) is 5.82 Å². The van der Waals surface area contributed by atoms with Crippen LogP contribution in [0.1, 0.15) is 37.7 Å². The number of phenolic OH excluding ortho intramolecular Hbond substituents is 1. The van der Waals surface area contributed by atoms with Gasteiger partial charge in [-0.15, -0.1) is 10.2 Å². The highest BCUT2D eigenvalue weighted by atomic mass is 16.3. The van der Waals surface area contributed by atoms with Gasteiger partial charge in [0.1, 0.15) is 5.75 Å². The monoisotopic (exact) mass is 392 g/mol. The average Bonchev–Trinajstić information content (AvgIpc) is 3.09. The fourth-order valence-corrected chi connectivity index (χ4v) is 4.76. The molecule has 6 heteroatoms. The number of fused-ring (bicyclic) bond motifs is 2. The van der Waals surface area contributed by atoms with Crippen molar-refractivity contribution in [3.05, 3.63) is 42.0 Å². The number of nitrogens with zero attached hydrogens (tertiary/aromatic N) is 3. The molecular weight excluding hydrogens is 364 g/mol. The van der Waals surface area contributed by atoms with Gasteiger partial charge in [0.25, 0.3) is 0 Å². The zero-order valence-electron chi connectivity index (χ0n) is 17.0. The fourth-order valence-electron chi connectivity index (χ4n) is 4.76. The van der Waals surface area contributed by atoms with E-state index in [1.807, 2.05) is 18.2 Å². The Morgan fingerprint density at radius 2 is 1.90 bits per heavy atom. The van der Waals surface area contributed by atoms with Gasteiger partial charge in [0.2, 0.25) is 5.91 Å². The van der Waals surface area contributed by atoms with Crippen LogP contribution in [0, 0.1) is 11.8 Å².